The van der Waals surface area contributed by atoms with Gasteiger partial charge in [-0.3, -0.25) is 19.4 Å². The number of thiol groups is 1. The van der Waals surface area contributed by atoms with Crippen LogP contribution in [-0.4, -0.2) is 65.2 Å². The van der Waals surface area contributed by atoms with Crippen LogP contribution in [0.4, 0.5) is 0 Å². The van der Waals surface area contributed by atoms with Crippen LogP contribution in [0, 0.1) is 0 Å². The first-order valence-corrected chi connectivity index (χ1v) is 8.25. The average Bonchev–Trinajstić information content (AvgIpc) is 2.54. The maximum atomic E-state index is 12.1. The van der Waals surface area contributed by atoms with Gasteiger partial charge in [0.05, 0.1) is 12.5 Å². The molecule has 0 saturated carbocycles. The van der Waals surface area contributed by atoms with Crippen molar-refractivity contribution in [2.75, 3.05) is 12.3 Å². The van der Waals surface area contributed by atoms with E-state index in [0.29, 0.717) is 6.42 Å². The fourth-order valence-electron chi connectivity index (χ4n) is 1.80. The van der Waals surface area contributed by atoms with Gasteiger partial charge in [0.25, 0.3) is 0 Å². The van der Waals surface area contributed by atoms with Crippen molar-refractivity contribution in [1.82, 2.24) is 10.6 Å². The lowest BCUT2D eigenvalue weighted by atomic mass is 10.1. The number of nitrogens with one attached hydrogen (secondary N) is 2. The fourth-order valence-corrected chi connectivity index (χ4v) is 2.04. The lowest BCUT2D eigenvalue weighted by Gasteiger charge is -2.21. The summed E-state index contributed by atoms with van der Waals surface area (Å²) in [6, 6.07) is -3.62. The van der Waals surface area contributed by atoms with Crippen LogP contribution in [0.25, 0.3) is 0 Å². The van der Waals surface area contributed by atoms with Gasteiger partial charge in [0.1, 0.15) is 12.1 Å². The van der Waals surface area contributed by atoms with Crippen LogP contribution >= 0.6 is 12.6 Å². The van der Waals surface area contributed by atoms with Gasteiger partial charge in [-0.1, -0.05) is 0 Å². The van der Waals surface area contributed by atoms with Crippen molar-refractivity contribution in [2.24, 2.45) is 27.9 Å². The number of carbonyl (C=O) groups excluding carboxylic acids is 3. The topological polar surface area (TPSA) is 229 Å². The van der Waals surface area contributed by atoms with Crippen molar-refractivity contribution < 1.29 is 24.3 Å². The smallest absolute Gasteiger partial charge is 0.327 e. The number of nitrogens with two attached hydrogens (primary N) is 4. The first-order valence-electron chi connectivity index (χ1n) is 7.62. The monoisotopic (exact) mass is 391 g/mol. The van der Waals surface area contributed by atoms with Crippen LogP contribution in [0.1, 0.15) is 19.3 Å². The Morgan fingerprint density at radius 3 is 2.08 bits per heavy atom. The highest BCUT2D eigenvalue weighted by Crippen LogP contribution is 2.00. The molecule has 12 nitrogen and oxygen atoms in total. The zero-order chi connectivity index (χ0) is 20.3. The third-order valence-electron chi connectivity index (χ3n) is 3.14. The van der Waals surface area contributed by atoms with Crippen LogP contribution in [0.5, 0.6) is 0 Å². The quantitative estimate of drug-likeness (QED) is 0.0710. The van der Waals surface area contributed by atoms with Gasteiger partial charge in [0, 0.05) is 12.3 Å². The lowest BCUT2D eigenvalue weighted by Crippen LogP contribution is -2.55. The second-order valence-electron chi connectivity index (χ2n) is 5.37. The molecule has 0 aromatic rings. The normalized spacial score (nSPS) is 13.8. The molecule has 0 aliphatic heterocycles. The number of primary amides is 1. The first kappa shape index (κ1) is 23.5. The number of carbonyl (C=O) groups is 4. The predicted octanol–water partition coefficient (Wildman–Crippen LogP) is -3.77. The Morgan fingerprint density at radius 2 is 1.62 bits per heavy atom. The Labute approximate surface area is 155 Å². The van der Waals surface area contributed by atoms with Gasteiger partial charge in [-0.25, -0.2) is 4.79 Å². The Bertz CT molecular complexity index is 553. The number of guanidine groups is 1. The van der Waals surface area contributed by atoms with E-state index in [-0.39, 0.29) is 24.7 Å². The molecule has 13 heteroatoms. The number of aliphatic imine (C=N–C) groups is 1. The summed E-state index contributed by atoms with van der Waals surface area (Å²) >= 11 is 3.81. The summed E-state index contributed by atoms with van der Waals surface area (Å²) in [7, 11) is 0. The van der Waals surface area contributed by atoms with Crippen LogP contribution in [0.2, 0.25) is 0 Å². The summed E-state index contributed by atoms with van der Waals surface area (Å²) in [6.45, 7) is 0.275. The van der Waals surface area contributed by atoms with Gasteiger partial charge in [0.15, 0.2) is 5.96 Å². The standard InChI is InChI=1S/C13H25N7O5S/c14-6(2-1-3-18-13(16)17)10(22)19-7(4-9(15)21)11(23)20-8(5-26)12(24)25/h6-8,26H,1-5,14H2,(H2,15,21)(H,19,22)(H,20,23)(H,24,25)(H4,16,17,18). The summed E-state index contributed by atoms with van der Waals surface area (Å²) in [5.74, 6) is -4.01. The molecule has 148 valence electrons. The third-order valence-corrected chi connectivity index (χ3v) is 3.50. The van der Waals surface area contributed by atoms with Gasteiger partial charge in [-0.05, 0) is 12.8 Å². The van der Waals surface area contributed by atoms with Crippen LogP contribution in [-0.2, 0) is 19.2 Å². The molecule has 11 N–H and O–H groups in total. The zero-order valence-corrected chi connectivity index (χ0v) is 14.9. The molecular weight excluding hydrogens is 366 g/mol. The number of hydrogen-bond acceptors (Lipinski definition) is 7. The predicted molar refractivity (Wildman–Crippen MR) is 97.0 cm³/mol. The van der Waals surface area contributed by atoms with Gasteiger partial charge < -0.3 is 38.7 Å². The second kappa shape index (κ2) is 11.9. The minimum atomic E-state index is -1.36. The van der Waals surface area contributed by atoms with Gasteiger partial charge in [-0.15, -0.1) is 0 Å². The van der Waals surface area contributed by atoms with Crippen LogP contribution in [0.3, 0.4) is 0 Å². The summed E-state index contributed by atoms with van der Waals surface area (Å²) in [5, 5.41) is 13.4. The van der Waals surface area contributed by atoms with E-state index in [1.54, 1.807) is 0 Å². The molecule has 3 amide bonds. The van der Waals surface area contributed by atoms with Crippen molar-refractivity contribution >= 4 is 42.3 Å². The van der Waals surface area contributed by atoms with E-state index in [1.165, 1.54) is 0 Å². The minimum Gasteiger partial charge on any atom is -0.480 e. The molecule has 0 aromatic heterocycles. The number of carboxylic acid groups (broad SMARTS) is 1. The molecule has 0 saturated heterocycles. The molecule has 0 radical (unpaired) electrons. The maximum Gasteiger partial charge on any atom is 0.327 e. The Kier molecular flexibility index (Phi) is 10.8. The average molecular weight is 391 g/mol. The molecule has 0 heterocycles. The molecule has 0 rings (SSSR count). The van der Waals surface area contributed by atoms with E-state index in [4.69, 9.17) is 28.0 Å². The summed E-state index contributed by atoms with van der Waals surface area (Å²) < 4.78 is 0. The number of hydrogen-bond donors (Lipinski definition) is 8. The number of carboxylic acids is 1. The number of amides is 3. The largest absolute Gasteiger partial charge is 0.480 e. The van der Waals surface area contributed by atoms with Gasteiger partial charge in [0.2, 0.25) is 17.7 Å². The molecule has 0 aliphatic rings. The van der Waals surface area contributed by atoms with E-state index < -0.39 is 48.2 Å². The van der Waals surface area contributed by atoms with Crippen molar-refractivity contribution in [3.05, 3.63) is 0 Å². The minimum absolute atomic E-state index is 0.0848. The van der Waals surface area contributed by atoms with Crippen molar-refractivity contribution in [3.8, 4) is 0 Å². The summed E-state index contributed by atoms with van der Waals surface area (Å²) in [5.41, 5.74) is 21.1. The Hall–Kier alpha value is -2.54. The zero-order valence-electron chi connectivity index (χ0n) is 14.1. The van der Waals surface area contributed by atoms with E-state index >= 15 is 0 Å². The molecule has 3 unspecified atom stereocenters. The highest BCUT2D eigenvalue weighted by atomic mass is 32.1. The van der Waals surface area contributed by atoms with Crippen LogP contribution < -0.4 is 33.6 Å². The van der Waals surface area contributed by atoms with Crippen LogP contribution in [0.15, 0.2) is 4.99 Å². The molecule has 0 fully saturated rings. The molecule has 0 bridgehead atoms. The van der Waals surface area contributed by atoms with Gasteiger partial charge >= 0.3 is 5.97 Å². The highest BCUT2D eigenvalue weighted by Gasteiger charge is 2.28. The maximum absolute atomic E-state index is 12.1. The molecule has 3 atom stereocenters. The SMILES string of the molecule is NC(=O)CC(NC(=O)C(N)CCCN=C(N)N)C(=O)NC(CS)C(=O)O. The lowest BCUT2D eigenvalue weighted by molar-refractivity contribution is -0.141. The third kappa shape index (κ3) is 9.68. The van der Waals surface area contributed by atoms with E-state index in [2.05, 4.69) is 28.3 Å². The Balaban J connectivity index is 4.79. The Morgan fingerprint density at radius 1 is 1.04 bits per heavy atom. The summed E-state index contributed by atoms with van der Waals surface area (Å²) in [6.07, 6.45) is 0.124. The fraction of sp³-hybridized carbons (Fsp3) is 0.615. The molecule has 26 heavy (non-hydrogen) atoms. The number of rotatable bonds is 12. The number of nitrogens with zero attached hydrogens (tertiary/aromatic N) is 1. The summed E-state index contributed by atoms with van der Waals surface area (Å²) in [4.78, 5) is 50.0. The van der Waals surface area contributed by atoms with Crippen molar-refractivity contribution in [1.29, 1.82) is 0 Å². The molecule has 0 aliphatic carbocycles. The van der Waals surface area contributed by atoms with E-state index in [9.17, 15) is 19.2 Å². The first-order chi connectivity index (χ1) is 12.1. The molecular formula is C13H25N7O5S. The van der Waals surface area contributed by atoms with Crippen molar-refractivity contribution in [3.63, 3.8) is 0 Å². The van der Waals surface area contributed by atoms with E-state index in [0.717, 1.165) is 0 Å². The molecule has 0 aromatic carbocycles. The highest BCUT2D eigenvalue weighted by molar-refractivity contribution is 7.80. The second-order valence-corrected chi connectivity index (χ2v) is 5.73. The van der Waals surface area contributed by atoms with Crippen molar-refractivity contribution in [2.45, 2.75) is 37.4 Å². The number of aliphatic carboxylic acids is 1. The van der Waals surface area contributed by atoms with Gasteiger partial charge in [-0.2, -0.15) is 12.6 Å². The molecule has 0 spiro atoms. The van der Waals surface area contributed by atoms with E-state index in [1.807, 2.05) is 0 Å².